The summed E-state index contributed by atoms with van der Waals surface area (Å²) in [6, 6.07) is 13.8. The van der Waals surface area contributed by atoms with Crippen molar-refractivity contribution in [2.75, 3.05) is 6.54 Å². The fraction of sp³-hybridized carbons (Fsp3) is 0.294. The fourth-order valence-corrected chi connectivity index (χ4v) is 2.65. The van der Waals surface area contributed by atoms with Crippen molar-refractivity contribution >= 4 is 34.2 Å². The van der Waals surface area contributed by atoms with E-state index in [0.717, 1.165) is 38.7 Å². The van der Waals surface area contributed by atoms with E-state index < -0.39 is 0 Å². The Kier molecular flexibility index (Phi) is 6.33. The van der Waals surface area contributed by atoms with Gasteiger partial charge in [-0.25, -0.2) is 0 Å². The maximum absolute atomic E-state index is 6.32. The van der Waals surface area contributed by atoms with E-state index in [4.69, 9.17) is 16.3 Å². The summed E-state index contributed by atoms with van der Waals surface area (Å²) in [5, 5.41) is 4.12. The van der Waals surface area contributed by atoms with E-state index in [9.17, 15) is 0 Å². The number of halogens is 2. The molecular weight excluding hydrogens is 397 g/mol. The van der Waals surface area contributed by atoms with Gasteiger partial charge in [-0.3, -0.25) is 0 Å². The zero-order chi connectivity index (χ0) is 15.2. The zero-order valence-electron chi connectivity index (χ0n) is 12.2. The lowest BCUT2D eigenvalue weighted by Gasteiger charge is -2.11. The molecule has 0 atom stereocenters. The van der Waals surface area contributed by atoms with Crippen molar-refractivity contribution in [3.05, 3.63) is 56.6 Å². The Morgan fingerprint density at radius 2 is 1.90 bits per heavy atom. The first-order valence-electron chi connectivity index (χ1n) is 6.97. The molecule has 4 heteroatoms. The van der Waals surface area contributed by atoms with Gasteiger partial charge in [-0.1, -0.05) is 37.6 Å². The third-order valence-corrected chi connectivity index (χ3v) is 3.95. The van der Waals surface area contributed by atoms with E-state index in [1.54, 1.807) is 0 Å². The molecule has 0 saturated carbocycles. The molecule has 0 saturated heterocycles. The Labute approximate surface area is 145 Å². The van der Waals surface area contributed by atoms with E-state index in [-0.39, 0.29) is 0 Å². The smallest absolute Gasteiger partial charge is 0.128 e. The van der Waals surface area contributed by atoms with Gasteiger partial charge in [0.1, 0.15) is 11.5 Å². The second-order valence-corrected chi connectivity index (χ2v) is 6.99. The number of nitrogens with one attached hydrogen (secondary N) is 1. The van der Waals surface area contributed by atoms with Crippen LogP contribution >= 0.6 is 34.2 Å². The van der Waals surface area contributed by atoms with Crippen molar-refractivity contribution in [1.82, 2.24) is 5.32 Å². The van der Waals surface area contributed by atoms with Gasteiger partial charge in [0.05, 0.1) is 0 Å². The summed E-state index contributed by atoms with van der Waals surface area (Å²) in [6.45, 7) is 6.14. The molecule has 2 rings (SSSR count). The molecule has 0 aliphatic carbocycles. The van der Waals surface area contributed by atoms with Crippen molar-refractivity contribution in [3.8, 4) is 11.5 Å². The van der Waals surface area contributed by atoms with Crippen LogP contribution in [0.5, 0.6) is 11.5 Å². The second-order valence-electron chi connectivity index (χ2n) is 5.34. The van der Waals surface area contributed by atoms with E-state index >= 15 is 0 Å². The van der Waals surface area contributed by atoms with Gasteiger partial charge in [0.25, 0.3) is 0 Å². The third kappa shape index (κ3) is 5.49. The average molecular weight is 416 g/mol. The lowest BCUT2D eigenvalue weighted by Crippen LogP contribution is -2.19. The maximum Gasteiger partial charge on any atom is 0.128 e. The van der Waals surface area contributed by atoms with E-state index in [2.05, 4.69) is 41.8 Å². The van der Waals surface area contributed by atoms with Gasteiger partial charge in [-0.2, -0.15) is 0 Å². The summed E-state index contributed by atoms with van der Waals surface area (Å²) in [7, 11) is 0. The molecule has 0 unspecified atom stereocenters. The SMILES string of the molecule is CC(C)CNCc1ccc(Oc2cccc(I)c2)cc1Cl. The molecule has 2 aromatic carbocycles. The Bertz CT molecular complexity index is 601. The topological polar surface area (TPSA) is 21.3 Å². The Balaban J connectivity index is 2.01. The van der Waals surface area contributed by atoms with Gasteiger partial charge in [-0.05, 0) is 70.9 Å². The summed E-state index contributed by atoms with van der Waals surface area (Å²) in [5.74, 6) is 2.21. The number of benzene rings is 2. The minimum atomic E-state index is 0.631. The first-order chi connectivity index (χ1) is 10.0. The van der Waals surface area contributed by atoms with Gasteiger partial charge in [0.2, 0.25) is 0 Å². The van der Waals surface area contributed by atoms with Crippen LogP contribution in [0.15, 0.2) is 42.5 Å². The van der Waals surface area contributed by atoms with Crippen molar-refractivity contribution in [2.24, 2.45) is 5.92 Å². The molecule has 0 radical (unpaired) electrons. The molecule has 0 aromatic heterocycles. The molecule has 0 spiro atoms. The Morgan fingerprint density at radius 3 is 2.57 bits per heavy atom. The van der Waals surface area contributed by atoms with E-state index in [0.29, 0.717) is 5.92 Å². The quantitative estimate of drug-likeness (QED) is 0.631. The van der Waals surface area contributed by atoms with Crippen LogP contribution in [0, 0.1) is 9.49 Å². The summed E-state index contributed by atoms with van der Waals surface area (Å²) >= 11 is 8.59. The van der Waals surface area contributed by atoms with Crippen LogP contribution in [0.25, 0.3) is 0 Å². The Hall–Kier alpha value is -0.780. The predicted molar refractivity (Wildman–Crippen MR) is 97.2 cm³/mol. The molecule has 2 nitrogen and oxygen atoms in total. The Morgan fingerprint density at radius 1 is 1.14 bits per heavy atom. The molecule has 0 bridgehead atoms. The van der Waals surface area contributed by atoms with E-state index in [1.807, 2.05) is 42.5 Å². The maximum atomic E-state index is 6.32. The number of hydrogen-bond acceptors (Lipinski definition) is 2. The van der Waals surface area contributed by atoms with Crippen molar-refractivity contribution in [3.63, 3.8) is 0 Å². The molecule has 0 heterocycles. The highest BCUT2D eigenvalue weighted by Crippen LogP contribution is 2.27. The van der Waals surface area contributed by atoms with Gasteiger partial charge in [0.15, 0.2) is 0 Å². The molecule has 1 N–H and O–H groups in total. The molecule has 0 amide bonds. The highest BCUT2D eigenvalue weighted by atomic mass is 127. The van der Waals surface area contributed by atoms with Gasteiger partial charge < -0.3 is 10.1 Å². The summed E-state index contributed by atoms with van der Waals surface area (Å²) in [5.41, 5.74) is 1.09. The van der Waals surface area contributed by atoms with Crippen LogP contribution in [0.3, 0.4) is 0 Å². The minimum absolute atomic E-state index is 0.631. The third-order valence-electron chi connectivity index (χ3n) is 2.92. The van der Waals surface area contributed by atoms with Crippen molar-refractivity contribution in [1.29, 1.82) is 0 Å². The standard InChI is InChI=1S/C17H19ClINO/c1-12(2)10-20-11-13-6-7-16(9-17(13)18)21-15-5-3-4-14(19)8-15/h3-9,12,20H,10-11H2,1-2H3. The lowest BCUT2D eigenvalue weighted by atomic mass is 10.2. The number of ether oxygens (including phenoxy) is 1. The zero-order valence-corrected chi connectivity index (χ0v) is 15.1. The molecular formula is C17H19ClINO. The summed E-state index contributed by atoms with van der Waals surface area (Å²) in [6.07, 6.45) is 0. The van der Waals surface area contributed by atoms with Crippen LogP contribution in [0.4, 0.5) is 0 Å². The van der Waals surface area contributed by atoms with Crippen LogP contribution in [0.2, 0.25) is 5.02 Å². The van der Waals surface area contributed by atoms with Crippen molar-refractivity contribution in [2.45, 2.75) is 20.4 Å². The van der Waals surface area contributed by atoms with Crippen LogP contribution < -0.4 is 10.1 Å². The minimum Gasteiger partial charge on any atom is -0.457 e. The predicted octanol–water partition coefficient (Wildman–Crippen LogP) is 5.48. The second kappa shape index (κ2) is 8.01. The molecule has 0 fully saturated rings. The van der Waals surface area contributed by atoms with Gasteiger partial charge in [-0.15, -0.1) is 0 Å². The van der Waals surface area contributed by atoms with Crippen LogP contribution in [-0.4, -0.2) is 6.54 Å². The molecule has 0 aliphatic rings. The van der Waals surface area contributed by atoms with E-state index in [1.165, 1.54) is 0 Å². The number of rotatable bonds is 6. The first kappa shape index (κ1) is 16.6. The van der Waals surface area contributed by atoms with Gasteiger partial charge in [0, 0.05) is 15.1 Å². The lowest BCUT2D eigenvalue weighted by molar-refractivity contribution is 0.482. The normalized spacial score (nSPS) is 10.9. The average Bonchev–Trinajstić information content (AvgIpc) is 2.41. The summed E-state index contributed by atoms with van der Waals surface area (Å²) in [4.78, 5) is 0. The first-order valence-corrected chi connectivity index (χ1v) is 8.43. The number of hydrogen-bond donors (Lipinski definition) is 1. The molecule has 2 aromatic rings. The largest absolute Gasteiger partial charge is 0.457 e. The van der Waals surface area contributed by atoms with Crippen LogP contribution in [0.1, 0.15) is 19.4 Å². The van der Waals surface area contributed by atoms with Gasteiger partial charge >= 0.3 is 0 Å². The summed E-state index contributed by atoms with van der Waals surface area (Å²) < 4.78 is 6.97. The monoisotopic (exact) mass is 415 g/mol. The molecule has 112 valence electrons. The molecule has 0 aliphatic heterocycles. The fourth-order valence-electron chi connectivity index (χ4n) is 1.90. The highest BCUT2D eigenvalue weighted by molar-refractivity contribution is 14.1. The highest BCUT2D eigenvalue weighted by Gasteiger charge is 2.04. The van der Waals surface area contributed by atoms with Crippen molar-refractivity contribution < 1.29 is 4.74 Å². The van der Waals surface area contributed by atoms with Crippen LogP contribution in [-0.2, 0) is 6.54 Å². The molecule has 21 heavy (non-hydrogen) atoms.